The van der Waals surface area contributed by atoms with Crippen LogP contribution in [-0.4, -0.2) is 31.5 Å². The maximum Gasteiger partial charge on any atom is 0.254 e. The maximum absolute atomic E-state index is 12.4. The zero-order valence-electron chi connectivity index (χ0n) is 13.1. The number of amides is 1. The lowest BCUT2D eigenvalue weighted by atomic mass is 9.86. The first-order valence-electron chi connectivity index (χ1n) is 7.21. The Balaban J connectivity index is 2.09. The van der Waals surface area contributed by atoms with Crippen molar-refractivity contribution in [1.82, 2.24) is 24.9 Å². The Kier molecular flexibility index (Phi) is 4.45. The molecule has 0 fully saturated rings. The van der Waals surface area contributed by atoms with Gasteiger partial charge in [0.25, 0.3) is 5.91 Å². The summed E-state index contributed by atoms with van der Waals surface area (Å²) in [4.78, 5) is 12.4. The molecule has 1 amide bonds. The van der Waals surface area contributed by atoms with Crippen LogP contribution in [0, 0.1) is 5.41 Å². The highest BCUT2D eigenvalue weighted by Crippen LogP contribution is 2.21. The lowest BCUT2D eigenvalue weighted by Crippen LogP contribution is -2.46. The Morgan fingerprint density at radius 3 is 2.62 bits per heavy atom. The summed E-state index contributed by atoms with van der Waals surface area (Å²) < 4.78 is 3.58. The predicted octanol–water partition coefficient (Wildman–Crippen LogP) is 1.94. The van der Waals surface area contributed by atoms with E-state index in [2.05, 4.69) is 36.3 Å². The van der Waals surface area contributed by atoms with E-state index < -0.39 is 0 Å². The van der Waals surface area contributed by atoms with Crippen LogP contribution in [0.1, 0.15) is 38.1 Å². The van der Waals surface area contributed by atoms with Gasteiger partial charge in [0.15, 0.2) is 0 Å². The monoisotopic (exact) mass is 289 g/mol. The minimum atomic E-state index is -0.0956. The number of nitrogens with zero attached hydrogens (tertiary/aromatic N) is 4. The average Bonchev–Trinajstić information content (AvgIpc) is 3.07. The number of hydrogen-bond donors (Lipinski definition) is 1. The van der Waals surface area contributed by atoms with Gasteiger partial charge in [0.2, 0.25) is 0 Å². The Hall–Kier alpha value is -2.11. The van der Waals surface area contributed by atoms with Gasteiger partial charge in [-0.05, 0) is 18.4 Å². The number of carbonyl (C=O) groups excluding carboxylic acids is 1. The van der Waals surface area contributed by atoms with E-state index in [0.717, 1.165) is 6.54 Å². The van der Waals surface area contributed by atoms with Gasteiger partial charge in [-0.15, -0.1) is 0 Å². The van der Waals surface area contributed by atoms with Crippen molar-refractivity contribution in [2.45, 2.75) is 46.8 Å². The number of nitrogens with one attached hydrogen (secondary N) is 1. The second-order valence-corrected chi connectivity index (χ2v) is 6.20. The highest BCUT2D eigenvalue weighted by Gasteiger charge is 2.27. The van der Waals surface area contributed by atoms with Gasteiger partial charge in [-0.1, -0.05) is 20.8 Å². The third kappa shape index (κ3) is 3.93. The van der Waals surface area contributed by atoms with Crippen molar-refractivity contribution in [3.05, 3.63) is 36.4 Å². The standard InChI is InChI=1S/C15H23N5O/c1-5-19-10-12(9-17-19)14(21)18-13(15(2,3)4)11-20-8-6-7-16-20/h6-10,13H,5,11H2,1-4H3,(H,18,21)/t13-/m1/s1. The Labute approximate surface area is 125 Å². The van der Waals surface area contributed by atoms with Gasteiger partial charge in [0.1, 0.15) is 0 Å². The fraction of sp³-hybridized carbons (Fsp3) is 0.533. The molecule has 0 bridgehead atoms. The highest BCUT2D eigenvalue weighted by molar-refractivity contribution is 5.93. The van der Waals surface area contributed by atoms with Crippen molar-refractivity contribution in [2.24, 2.45) is 5.41 Å². The van der Waals surface area contributed by atoms with E-state index in [1.807, 2.05) is 23.9 Å². The second-order valence-electron chi connectivity index (χ2n) is 6.20. The quantitative estimate of drug-likeness (QED) is 0.915. The van der Waals surface area contributed by atoms with E-state index in [4.69, 9.17) is 0 Å². The number of carbonyl (C=O) groups is 1. The van der Waals surface area contributed by atoms with Gasteiger partial charge >= 0.3 is 0 Å². The smallest absolute Gasteiger partial charge is 0.254 e. The summed E-state index contributed by atoms with van der Waals surface area (Å²) in [5.74, 6) is -0.0956. The Morgan fingerprint density at radius 2 is 2.10 bits per heavy atom. The van der Waals surface area contributed by atoms with Crippen LogP contribution in [0.5, 0.6) is 0 Å². The summed E-state index contributed by atoms with van der Waals surface area (Å²) in [6.45, 7) is 9.71. The van der Waals surface area contributed by atoms with E-state index >= 15 is 0 Å². The molecule has 1 atom stereocenters. The largest absolute Gasteiger partial charge is 0.347 e. The van der Waals surface area contributed by atoms with Crippen LogP contribution in [0.25, 0.3) is 0 Å². The number of aryl methyl sites for hydroxylation is 1. The van der Waals surface area contributed by atoms with Crippen LogP contribution in [-0.2, 0) is 13.1 Å². The summed E-state index contributed by atoms with van der Waals surface area (Å²) in [5.41, 5.74) is 0.522. The molecule has 2 aromatic heterocycles. The van der Waals surface area contributed by atoms with Crippen LogP contribution in [0.3, 0.4) is 0 Å². The topological polar surface area (TPSA) is 64.7 Å². The molecule has 2 heterocycles. The highest BCUT2D eigenvalue weighted by atomic mass is 16.1. The zero-order valence-corrected chi connectivity index (χ0v) is 13.1. The molecule has 2 aromatic rings. The van der Waals surface area contributed by atoms with Crippen LogP contribution < -0.4 is 5.32 Å². The summed E-state index contributed by atoms with van der Waals surface area (Å²) >= 11 is 0. The van der Waals surface area contributed by atoms with Gasteiger partial charge in [-0.25, -0.2) is 0 Å². The third-order valence-corrected chi connectivity index (χ3v) is 3.50. The third-order valence-electron chi connectivity index (χ3n) is 3.50. The lowest BCUT2D eigenvalue weighted by Gasteiger charge is -2.31. The molecule has 114 valence electrons. The molecule has 6 heteroatoms. The zero-order chi connectivity index (χ0) is 15.5. The second kappa shape index (κ2) is 6.11. The number of rotatable bonds is 5. The molecule has 2 rings (SSSR count). The van der Waals surface area contributed by atoms with Crippen LogP contribution in [0.2, 0.25) is 0 Å². The van der Waals surface area contributed by atoms with Gasteiger partial charge in [-0.3, -0.25) is 14.2 Å². The SMILES string of the molecule is CCn1cc(C(=O)N[C@H](Cn2cccn2)C(C)(C)C)cn1. The molecule has 0 aliphatic carbocycles. The summed E-state index contributed by atoms with van der Waals surface area (Å²) in [7, 11) is 0. The molecule has 0 saturated heterocycles. The molecular weight excluding hydrogens is 266 g/mol. The minimum absolute atomic E-state index is 0.0186. The molecule has 0 radical (unpaired) electrons. The normalized spacial score (nSPS) is 13.1. The van der Waals surface area contributed by atoms with Crippen molar-refractivity contribution in [2.75, 3.05) is 0 Å². The summed E-state index contributed by atoms with van der Waals surface area (Å²) in [6, 6.07) is 1.86. The first kappa shape index (κ1) is 15.3. The van der Waals surface area contributed by atoms with Crippen LogP contribution in [0.4, 0.5) is 0 Å². The summed E-state index contributed by atoms with van der Waals surface area (Å²) in [5, 5.41) is 11.5. The van der Waals surface area contributed by atoms with Crippen molar-refractivity contribution in [3.63, 3.8) is 0 Å². The van der Waals surface area contributed by atoms with E-state index in [1.54, 1.807) is 23.3 Å². The Morgan fingerprint density at radius 1 is 1.33 bits per heavy atom. The Bertz CT molecular complexity index is 579. The van der Waals surface area contributed by atoms with Crippen LogP contribution in [0.15, 0.2) is 30.9 Å². The first-order chi connectivity index (χ1) is 9.90. The molecule has 6 nitrogen and oxygen atoms in total. The first-order valence-corrected chi connectivity index (χ1v) is 7.21. The summed E-state index contributed by atoms with van der Waals surface area (Å²) in [6.07, 6.45) is 7.02. The van der Waals surface area contributed by atoms with Crippen molar-refractivity contribution < 1.29 is 4.79 Å². The molecule has 1 N–H and O–H groups in total. The number of aromatic nitrogens is 4. The number of hydrogen-bond acceptors (Lipinski definition) is 3. The van der Waals surface area contributed by atoms with Gasteiger partial charge in [-0.2, -0.15) is 10.2 Å². The molecule has 0 unspecified atom stereocenters. The van der Waals surface area contributed by atoms with Crippen molar-refractivity contribution in [3.8, 4) is 0 Å². The van der Waals surface area contributed by atoms with Crippen molar-refractivity contribution >= 4 is 5.91 Å². The molecule has 0 spiro atoms. The van der Waals surface area contributed by atoms with Gasteiger partial charge < -0.3 is 5.32 Å². The molecule has 0 aliphatic heterocycles. The lowest BCUT2D eigenvalue weighted by molar-refractivity contribution is 0.0890. The maximum atomic E-state index is 12.4. The fourth-order valence-corrected chi connectivity index (χ4v) is 2.03. The van der Waals surface area contributed by atoms with E-state index in [0.29, 0.717) is 12.1 Å². The minimum Gasteiger partial charge on any atom is -0.347 e. The molecule has 0 aromatic carbocycles. The van der Waals surface area contributed by atoms with Gasteiger partial charge in [0.05, 0.1) is 24.3 Å². The average molecular weight is 289 g/mol. The molecular formula is C15H23N5O. The van der Waals surface area contributed by atoms with E-state index in [-0.39, 0.29) is 17.4 Å². The fourth-order valence-electron chi connectivity index (χ4n) is 2.03. The van der Waals surface area contributed by atoms with E-state index in [1.165, 1.54) is 0 Å². The predicted molar refractivity (Wildman–Crippen MR) is 80.8 cm³/mol. The van der Waals surface area contributed by atoms with Crippen LogP contribution >= 0.6 is 0 Å². The molecule has 21 heavy (non-hydrogen) atoms. The molecule has 0 saturated carbocycles. The van der Waals surface area contributed by atoms with Crippen molar-refractivity contribution in [1.29, 1.82) is 0 Å². The van der Waals surface area contributed by atoms with E-state index in [9.17, 15) is 4.79 Å². The molecule has 0 aliphatic rings. The van der Waals surface area contributed by atoms with Gasteiger partial charge in [0, 0.05) is 25.1 Å².